The molecular formula is C5H8S2. The summed E-state index contributed by atoms with van der Waals surface area (Å²) in [6.07, 6.45) is 2.63. The van der Waals surface area contributed by atoms with E-state index in [0.717, 1.165) is 5.92 Å². The van der Waals surface area contributed by atoms with Crippen LogP contribution in [-0.2, 0) is 21.1 Å². The van der Waals surface area contributed by atoms with E-state index in [0.29, 0.717) is 0 Å². The Hall–Kier alpha value is 0.310. The zero-order valence-electron chi connectivity index (χ0n) is 4.31. The van der Waals surface area contributed by atoms with E-state index in [-0.39, 0.29) is 0 Å². The number of hydrogen-bond donors (Lipinski definition) is 0. The Labute approximate surface area is 52.1 Å². The molecule has 0 aromatic carbocycles. The lowest BCUT2D eigenvalue weighted by Gasteiger charge is -2.22. The van der Waals surface area contributed by atoms with Crippen molar-refractivity contribution >= 4 is 26.0 Å². The van der Waals surface area contributed by atoms with E-state index in [1.54, 1.807) is 0 Å². The van der Waals surface area contributed by atoms with Crippen LogP contribution in [-0.4, -0.2) is 4.86 Å². The van der Waals surface area contributed by atoms with Crippen molar-refractivity contribution in [3.05, 3.63) is 0 Å². The zero-order chi connectivity index (χ0) is 5.28. The van der Waals surface area contributed by atoms with Gasteiger partial charge >= 0.3 is 0 Å². The van der Waals surface area contributed by atoms with Crippen molar-refractivity contribution in [3.63, 3.8) is 0 Å². The largest absolute Gasteiger partial charge is 0.0778 e. The minimum Gasteiger partial charge on any atom is -0.0778 e. The van der Waals surface area contributed by atoms with E-state index >= 15 is 0 Å². The molecule has 40 valence electrons. The van der Waals surface area contributed by atoms with E-state index < -0.39 is 0 Å². The van der Waals surface area contributed by atoms with E-state index in [1.165, 1.54) is 27.6 Å². The van der Waals surface area contributed by atoms with Crippen LogP contribution in [0.3, 0.4) is 0 Å². The Bertz CT molecular complexity index is 122. The lowest BCUT2D eigenvalue weighted by atomic mass is 9.87. The molecular weight excluding hydrogens is 124 g/mol. The molecule has 2 heteroatoms. The monoisotopic (exact) mass is 132 g/mol. The third-order valence-electron chi connectivity index (χ3n) is 1.48. The van der Waals surface area contributed by atoms with Gasteiger partial charge in [0.05, 0.1) is 0 Å². The molecule has 0 bridgehead atoms. The quantitative estimate of drug-likeness (QED) is 0.445. The zero-order valence-corrected chi connectivity index (χ0v) is 5.94. The highest BCUT2D eigenvalue weighted by atomic mass is 32.8. The summed E-state index contributed by atoms with van der Waals surface area (Å²) in [6.45, 7) is 2.23. The molecule has 0 amide bonds. The van der Waals surface area contributed by atoms with Gasteiger partial charge in [0.15, 0.2) is 0 Å². The molecule has 1 saturated carbocycles. The molecule has 1 rings (SSSR count). The van der Waals surface area contributed by atoms with Crippen molar-refractivity contribution in [1.29, 1.82) is 0 Å². The Kier molecular flexibility index (Phi) is 1.60. The average Bonchev–Trinajstić information content (AvgIpc) is 1.65. The first-order chi connectivity index (χ1) is 3.34. The summed E-state index contributed by atoms with van der Waals surface area (Å²) in [6, 6.07) is 0. The molecule has 0 aromatic heterocycles. The highest BCUT2D eigenvalue weighted by Crippen LogP contribution is 2.20. The second kappa shape index (κ2) is 2.05. The molecule has 1 atom stereocenters. The van der Waals surface area contributed by atoms with Crippen molar-refractivity contribution < 1.29 is 0 Å². The molecule has 0 N–H and O–H groups in total. The van der Waals surface area contributed by atoms with Gasteiger partial charge in [-0.2, -0.15) is 0 Å². The summed E-state index contributed by atoms with van der Waals surface area (Å²) in [5, 5.41) is 0. The normalized spacial score (nSPS) is 29.3. The van der Waals surface area contributed by atoms with Crippen LogP contribution in [0.25, 0.3) is 0 Å². The van der Waals surface area contributed by atoms with Crippen LogP contribution in [0.5, 0.6) is 0 Å². The topological polar surface area (TPSA) is 0 Å². The van der Waals surface area contributed by atoms with Crippen molar-refractivity contribution in [2.75, 3.05) is 0 Å². The maximum Gasteiger partial charge on any atom is -0.00347 e. The van der Waals surface area contributed by atoms with Crippen molar-refractivity contribution in [1.82, 2.24) is 0 Å². The summed E-state index contributed by atoms with van der Waals surface area (Å²) in [4.78, 5) is 1.51. The Morgan fingerprint density at radius 1 is 1.86 bits per heavy atom. The highest BCUT2D eigenvalue weighted by Gasteiger charge is 2.18. The predicted molar refractivity (Wildman–Crippen MR) is 38.1 cm³/mol. The van der Waals surface area contributed by atoms with Crippen LogP contribution in [0, 0.1) is 5.92 Å². The fraction of sp³-hybridized carbons (Fsp3) is 0.800. The summed E-state index contributed by atoms with van der Waals surface area (Å²) >= 11 is 4.78. The van der Waals surface area contributed by atoms with Crippen LogP contribution >= 0.6 is 0 Å². The van der Waals surface area contributed by atoms with Crippen LogP contribution in [0.15, 0.2) is 0 Å². The third kappa shape index (κ3) is 0.916. The maximum atomic E-state index is 4.78. The summed E-state index contributed by atoms with van der Waals surface area (Å²) in [5.74, 6) is 0.822. The van der Waals surface area contributed by atoms with Crippen LogP contribution in [0.1, 0.15) is 19.8 Å². The lowest BCUT2D eigenvalue weighted by molar-refractivity contribution is 0.621. The Morgan fingerprint density at radius 3 is 2.57 bits per heavy atom. The van der Waals surface area contributed by atoms with Crippen molar-refractivity contribution in [2.45, 2.75) is 19.8 Å². The molecule has 7 heavy (non-hydrogen) atoms. The predicted octanol–water partition coefficient (Wildman–Crippen LogP) is 1.13. The van der Waals surface area contributed by atoms with Crippen molar-refractivity contribution in [3.8, 4) is 0 Å². The molecule has 0 saturated heterocycles. The molecule has 0 spiro atoms. The SMILES string of the molecule is CC1CCC1=S=S. The molecule has 0 nitrogen and oxygen atoms in total. The minimum atomic E-state index is 0.822. The van der Waals surface area contributed by atoms with E-state index in [1.807, 2.05) is 0 Å². The molecule has 1 fully saturated rings. The van der Waals surface area contributed by atoms with E-state index in [2.05, 4.69) is 6.92 Å². The molecule has 0 heterocycles. The van der Waals surface area contributed by atoms with Crippen LogP contribution < -0.4 is 0 Å². The fourth-order valence-electron chi connectivity index (χ4n) is 0.675. The minimum absolute atomic E-state index is 0.822. The highest BCUT2D eigenvalue weighted by molar-refractivity contribution is 8.17. The van der Waals surface area contributed by atoms with Gasteiger partial charge in [-0.1, -0.05) is 16.8 Å². The standard InChI is InChI=1S/C5H8S2/c1-4-2-3-5(4)7-6/h4H,2-3H2,1H3. The second-order valence-corrected chi connectivity index (χ2v) is 3.18. The van der Waals surface area contributed by atoms with Gasteiger partial charge in [-0.05, 0) is 34.8 Å². The van der Waals surface area contributed by atoms with E-state index in [4.69, 9.17) is 11.2 Å². The first-order valence-corrected chi connectivity index (χ1v) is 4.24. The molecule has 1 aliphatic rings. The number of hydrogen-bond acceptors (Lipinski definition) is 1. The van der Waals surface area contributed by atoms with Gasteiger partial charge in [0.1, 0.15) is 0 Å². The van der Waals surface area contributed by atoms with Crippen LogP contribution in [0.4, 0.5) is 0 Å². The van der Waals surface area contributed by atoms with Gasteiger partial charge in [-0.25, -0.2) is 0 Å². The molecule has 1 unspecified atom stereocenters. The molecule has 1 aliphatic carbocycles. The van der Waals surface area contributed by atoms with Gasteiger partial charge in [0, 0.05) is 0 Å². The number of rotatable bonds is 0. The van der Waals surface area contributed by atoms with Crippen molar-refractivity contribution in [2.24, 2.45) is 5.92 Å². The molecule has 0 aromatic rings. The maximum absolute atomic E-state index is 4.78. The summed E-state index contributed by atoms with van der Waals surface area (Å²) in [5.41, 5.74) is 0. The Balaban J connectivity index is 2.60. The van der Waals surface area contributed by atoms with Gasteiger partial charge in [0.25, 0.3) is 0 Å². The third-order valence-corrected chi connectivity index (χ3v) is 2.94. The van der Waals surface area contributed by atoms with Gasteiger partial charge in [0.2, 0.25) is 0 Å². The first-order valence-electron chi connectivity index (χ1n) is 2.50. The Morgan fingerprint density at radius 2 is 2.57 bits per heavy atom. The second-order valence-electron chi connectivity index (χ2n) is 1.99. The van der Waals surface area contributed by atoms with E-state index in [9.17, 15) is 0 Å². The molecule has 0 radical (unpaired) electrons. The fourth-order valence-corrected chi connectivity index (χ4v) is 1.90. The summed E-state index contributed by atoms with van der Waals surface area (Å²) < 4.78 is 0. The van der Waals surface area contributed by atoms with Crippen LogP contribution in [0.2, 0.25) is 0 Å². The van der Waals surface area contributed by atoms with Gasteiger partial charge in [-0.15, -0.1) is 0 Å². The first kappa shape index (κ1) is 5.45. The summed E-state index contributed by atoms with van der Waals surface area (Å²) in [7, 11) is 1.52. The average molecular weight is 132 g/mol. The molecule has 0 aliphatic heterocycles. The smallest absolute Gasteiger partial charge is 0.00347 e. The van der Waals surface area contributed by atoms with Gasteiger partial charge < -0.3 is 0 Å². The van der Waals surface area contributed by atoms with Gasteiger partial charge in [-0.3, -0.25) is 0 Å². The lowest BCUT2D eigenvalue weighted by Crippen LogP contribution is -2.21.